The van der Waals surface area contributed by atoms with Crippen molar-refractivity contribution in [1.82, 2.24) is 0 Å². The van der Waals surface area contributed by atoms with E-state index in [4.69, 9.17) is 5.52 Å². The molecule has 1 unspecified atom stereocenters. The zero-order chi connectivity index (χ0) is 9.84. The maximum Gasteiger partial charge on any atom is 0.209 e. The summed E-state index contributed by atoms with van der Waals surface area (Å²) in [7, 11) is 1.15. The van der Waals surface area contributed by atoms with Crippen molar-refractivity contribution in [3.8, 4) is 0 Å². The number of Topliss-reactive ketones (excluding diaryl/α,β-unsaturated/α-hetero) is 1. The molecule has 1 fully saturated rings. The minimum absolute atomic E-state index is 0.00241. The van der Waals surface area contributed by atoms with Gasteiger partial charge in [-0.2, -0.15) is 0 Å². The molecule has 0 aliphatic heterocycles. The van der Waals surface area contributed by atoms with Crippen molar-refractivity contribution in [1.29, 1.82) is 1.34 Å². The number of carbonyl (C=O) groups excluding carboxylic acids is 1. The van der Waals surface area contributed by atoms with E-state index in [1.54, 1.807) is 0 Å². The van der Waals surface area contributed by atoms with E-state index in [1.807, 2.05) is 6.92 Å². The second kappa shape index (κ2) is 4.33. The molecule has 0 saturated heterocycles. The lowest BCUT2D eigenvalue weighted by atomic mass is 10.0. The largest absolute Gasteiger partial charge is 0.324 e. The first-order chi connectivity index (χ1) is 6.20. The van der Waals surface area contributed by atoms with Crippen LogP contribution in [0.4, 0.5) is 0 Å². The molecule has 1 rings (SSSR count). The van der Waals surface area contributed by atoms with Crippen molar-refractivity contribution < 1.29 is 8.98 Å². The Kier molecular flexibility index (Phi) is 3.11. The predicted molar refractivity (Wildman–Crippen MR) is 52.2 cm³/mol. The Bertz CT molecular complexity index is 191. The molecule has 2 nitrogen and oxygen atoms in total. The van der Waals surface area contributed by atoms with E-state index >= 15 is 0 Å². The highest BCUT2D eigenvalue weighted by molar-refractivity contribution is 8.15. The minimum Gasteiger partial charge on any atom is -0.324 e. The van der Waals surface area contributed by atoms with Crippen LogP contribution >= 0.6 is 11.9 Å². The molecule has 4 heteroatoms. The molecular formula is C8H14BO2S. The van der Waals surface area contributed by atoms with Crippen molar-refractivity contribution in [2.75, 3.05) is 0 Å². The highest BCUT2D eigenvalue weighted by Crippen LogP contribution is 2.34. The quantitative estimate of drug-likeness (QED) is 0.492. The van der Waals surface area contributed by atoms with E-state index in [-0.39, 0.29) is 12.0 Å². The lowest BCUT2D eigenvalue weighted by Crippen LogP contribution is -2.22. The van der Waals surface area contributed by atoms with Crippen LogP contribution in [0.25, 0.3) is 0 Å². The summed E-state index contributed by atoms with van der Waals surface area (Å²) < 4.78 is 12.2. The molecule has 3 atom stereocenters. The number of rotatable bonds is 4. The fourth-order valence-electron chi connectivity index (χ4n) is 1.75. The Labute approximate surface area is 80.3 Å². The third kappa shape index (κ3) is 1.86. The van der Waals surface area contributed by atoms with Crippen LogP contribution < -0.4 is 0 Å². The molecule has 0 aromatic carbocycles. The summed E-state index contributed by atoms with van der Waals surface area (Å²) in [5.74, 6) is 0.634. The Morgan fingerprint density at radius 1 is 1.92 bits per heavy atom. The first-order valence-electron chi connectivity index (χ1n) is 4.83. The number of ketones is 1. The van der Waals surface area contributed by atoms with Gasteiger partial charge in [-0.15, -0.1) is 0 Å². The van der Waals surface area contributed by atoms with Crippen molar-refractivity contribution >= 4 is 24.8 Å². The minimum atomic E-state index is -0.00241. The first-order valence-corrected chi connectivity index (χ1v) is 5.06. The number of carbonyl (C=O) groups is 1. The van der Waals surface area contributed by atoms with Gasteiger partial charge in [0.1, 0.15) is 5.78 Å². The number of hydrogen-bond acceptors (Lipinski definition) is 3. The van der Waals surface area contributed by atoms with Crippen LogP contribution in [0.1, 0.15) is 26.7 Å². The smallest absolute Gasteiger partial charge is 0.209 e. The molecule has 0 spiro atoms. The molecule has 0 aromatic rings. The molecule has 67 valence electrons. The second-order valence-corrected chi connectivity index (χ2v) is 3.67. The normalized spacial score (nSPS) is 36.7. The van der Waals surface area contributed by atoms with Crippen LogP contribution in [0.2, 0.25) is 0 Å². The highest BCUT2D eigenvalue weighted by Gasteiger charge is 2.39. The van der Waals surface area contributed by atoms with Gasteiger partial charge in [0.15, 0.2) is 0 Å². The standard InChI is InChI=1S/C8H14BO2S/c1-3-6-4-7(10)5(2)8(6)11-12-9/h5-6,8-9H,3-4H2,1-2H3/t5?,6-,8-/m1/s1/i9T. The van der Waals surface area contributed by atoms with Gasteiger partial charge < -0.3 is 4.18 Å². The SMILES string of the molecule is [3H][B]SO[C@@H]1C(C)C(=O)C[C@H]1CC. The van der Waals surface area contributed by atoms with Gasteiger partial charge in [-0.3, -0.25) is 4.79 Å². The van der Waals surface area contributed by atoms with E-state index in [0.717, 1.165) is 25.4 Å². The van der Waals surface area contributed by atoms with Crippen LogP contribution in [0.3, 0.4) is 0 Å². The monoisotopic (exact) mass is 187 g/mol. The Morgan fingerprint density at radius 3 is 3.25 bits per heavy atom. The van der Waals surface area contributed by atoms with E-state index < -0.39 is 0 Å². The average molecular weight is 187 g/mol. The molecule has 1 aliphatic rings. The van der Waals surface area contributed by atoms with Gasteiger partial charge in [0, 0.05) is 12.3 Å². The summed E-state index contributed by atoms with van der Waals surface area (Å²) >= 11 is 1.02. The molecule has 0 bridgehead atoms. The van der Waals surface area contributed by atoms with E-state index in [9.17, 15) is 4.79 Å². The second-order valence-electron chi connectivity index (χ2n) is 3.28. The summed E-state index contributed by atoms with van der Waals surface area (Å²) in [6.45, 7) is 3.98. The molecule has 0 N–H and O–H groups in total. The van der Waals surface area contributed by atoms with E-state index in [1.165, 1.54) is 0 Å². The highest BCUT2D eigenvalue weighted by atomic mass is 32.2. The summed E-state index contributed by atoms with van der Waals surface area (Å²) in [5, 5.41) is 0. The molecule has 0 aromatic heterocycles. The Hall–Kier alpha value is 0.0449. The van der Waals surface area contributed by atoms with Crippen molar-refractivity contribution in [3.63, 3.8) is 0 Å². The van der Waals surface area contributed by atoms with Crippen LogP contribution in [0.15, 0.2) is 0 Å². The molecule has 1 saturated carbocycles. The van der Waals surface area contributed by atoms with Gasteiger partial charge in [0.25, 0.3) is 0 Å². The summed E-state index contributed by atoms with van der Waals surface area (Å²) in [6, 6.07) is 0. The maximum atomic E-state index is 11.4. The fourth-order valence-corrected chi connectivity index (χ4v) is 2.21. The molecular weight excluding hydrogens is 171 g/mol. The molecule has 12 heavy (non-hydrogen) atoms. The van der Waals surface area contributed by atoms with Crippen LogP contribution in [-0.2, 0) is 8.98 Å². The third-order valence-electron chi connectivity index (χ3n) is 2.62. The first kappa shape index (κ1) is 8.63. The summed E-state index contributed by atoms with van der Waals surface area (Å²) in [6.07, 6.45) is 1.62. The molecule has 1 aliphatic carbocycles. The van der Waals surface area contributed by atoms with Gasteiger partial charge in [0.2, 0.25) is 7.09 Å². The van der Waals surface area contributed by atoms with Crippen LogP contribution in [0, 0.1) is 11.8 Å². The molecule has 1 radical (unpaired) electrons. The third-order valence-corrected chi connectivity index (χ3v) is 2.95. The lowest BCUT2D eigenvalue weighted by molar-refractivity contribution is -0.121. The van der Waals surface area contributed by atoms with E-state index in [0.29, 0.717) is 18.1 Å². The average Bonchev–Trinajstić information content (AvgIpc) is 2.40. The van der Waals surface area contributed by atoms with Crippen molar-refractivity contribution in [3.05, 3.63) is 0 Å². The predicted octanol–water partition coefficient (Wildman–Crippen LogP) is 1.47. The molecule has 0 heterocycles. The Morgan fingerprint density at radius 2 is 2.67 bits per heavy atom. The zero-order valence-corrected chi connectivity index (χ0v) is 8.26. The van der Waals surface area contributed by atoms with Crippen LogP contribution in [0.5, 0.6) is 0 Å². The van der Waals surface area contributed by atoms with Gasteiger partial charge in [-0.25, -0.2) is 0 Å². The molecule has 0 amide bonds. The lowest BCUT2D eigenvalue weighted by Gasteiger charge is -2.19. The Balaban J connectivity index is 2.52. The number of hydrogen-bond donors (Lipinski definition) is 0. The van der Waals surface area contributed by atoms with Crippen molar-refractivity contribution in [2.45, 2.75) is 32.8 Å². The topological polar surface area (TPSA) is 26.3 Å². The fraction of sp³-hybridized carbons (Fsp3) is 0.875. The summed E-state index contributed by atoms with van der Waals surface area (Å²) in [5.41, 5.74) is 0. The van der Waals surface area contributed by atoms with Gasteiger partial charge in [-0.05, 0) is 7.25 Å². The maximum absolute atomic E-state index is 11.4. The van der Waals surface area contributed by atoms with E-state index in [2.05, 4.69) is 6.92 Å². The van der Waals surface area contributed by atoms with Gasteiger partial charge >= 0.3 is 0 Å². The van der Waals surface area contributed by atoms with Gasteiger partial charge in [0.05, 0.1) is 6.10 Å². The summed E-state index contributed by atoms with van der Waals surface area (Å²) in [4.78, 5) is 11.4. The van der Waals surface area contributed by atoms with Crippen molar-refractivity contribution in [2.24, 2.45) is 11.8 Å². The zero-order valence-electron chi connectivity index (χ0n) is 8.45. The van der Waals surface area contributed by atoms with Gasteiger partial charge in [-0.1, -0.05) is 32.2 Å². The van der Waals surface area contributed by atoms with Crippen LogP contribution in [-0.4, -0.2) is 20.3 Å².